The monoisotopic (exact) mass is 467 g/mol. The second-order valence-corrected chi connectivity index (χ2v) is 9.16. The third-order valence-corrected chi connectivity index (χ3v) is 6.79. The minimum atomic E-state index is -0.308. The number of ketones is 1. The molecule has 1 N–H and O–H groups in total. The average molecular weight is 468 g/mol. The van der Waals surface area contributed by atoms with Gasteiger partial charge in [0.05, 0.1) is 22.3 Å². The van der Waals surface area contributed by atoms with Gasteiger partial charge in [0.15, 0.2) is 12.4 Å². The summed E-state index contributed by atoms with van der Waals surface area (Å²) in [6, 6.07) is 12.4. The summed E-state index contributed by atoms with van der Waals surface area (Å²) in [7, 11) is 0. The van der Waals surface area contributed by atoms with Gasteiger partial charge in [-0.05, 0) is 48.0 Å². The van der Waals surface area contributed by atoms with Crippen LogP contribution in [0.15, 0.2) is 58.3 Å². The minimum Gasteiger partial charge on any atom is -0.481 e. The molecular formula is C23H21N3O4S2. The molecule has 0 spiro atoms. The second-order valence-electron chi connectivity index (χ2n) is 7.23. The Kier molecular flexibility index (Phi) is 6.48. The highest BCUT2D eigenvalue weighted by Crippen LogP contribution is 2.36. The van der Waals surface area contributed by atoms with Crippen LogP contribution in [0.3, 0.4) is 0 Å². The van der Waals surface area contributed by atoms with Crippen LogP contribution in [-0.2, 0) is 9.59 Å². The number of Topliss-reactive ketones (excluding diaryl/α,β-unsaturated/α-hetero) is 1. The number of hydrogen-bond acceptors (Lipinski definition) is 7. The number of hydrazone groups is 1. The second kappa shape index (κ2) is 9.46. The van der Waals surface area contributed by atoms with E-state index < -0.39 is 0 Å². The van der Waals surface area contributed by atoms with Crippen molar-refractivity contribution in [3.63, 3.8) is 0 Å². The summed E-state index contributed by atoms with van der Waals surface area (Å²) < 4.78 is 5.77. The fraction of sp³-hybridized carbons (Fsp3) is 0.217. The standard InChI is InChI=1S/C23H21N3O4S2/c1-14(27)16-7-8-17(24-15(2)28)20(11-16)30-13-23(29)26-19(22-6-4-10-32-22)12-18(25-26)21-5-3-9-31-21/h3-11,19H,12-13H2,1-2H3,(H,24,28)/t19-/m1/s1. The third kappa shape index (κ3) is 4.79. The molecule has 3 heterocycles. The number of benzene rings is 1. The molecule has 4 rings (SSSR count). The van der Waals surface area contributed by atoms with Crippen LogP contribution in [0.5, 0.6) is 5.75 Å². The number of anilines is 1. The van der Waals surface area contributed by atoms with Crippen molar-refractivity contribution in [1.29, 1.82) is 0 Å². The van der Waals surface area contributed by atoms with Crippen molar-refractivity contribution in [2.24, 2.45) is 5.10 Å². The lowest BCUT2D eigenvalue weighted by molar-refractivity contribution is -0.135. The largest absolute Gasteiger partial charge is 0.481 e. The number of carbonyl (C=O) groups excluding carboxylic acids is 3. The number of nitrogens with zero attached hydrogens (tertiary/aromatic N) is 2. The molecule has 0 bridgehead atoms. The molecule has 32 heavy (non-hydrogen) atoms. The molecule has 3 aromatic rings. The van der Waals surface area contributed by atoms with E-state index in [9.17, 15) is 14.4 Å². The van der Waals surface area contributed by atoms with E-state index in [1.807, 2.05) is 35.0 Å². The predicted molar refractivity (Wildman–Crippen MR) is 126 cm³/mol. The van der Waals surface area contributed by atoms with Gasteiger partial charge >= 0.3 is 0 Å². The number of carbonyl (C=O) groups is 3. The number of amides is 2. The molecule has 2 aromatic heterocycles. The van der Waals surface area contributed by atoms with E-state index in [0.717, 1.165) is 15.5 Å². The first-order valence-electron chi connectivity index (χ1n) is 9.94. The lowest BCUT2D eigenvalue weighted by Gasteiger charge is -2.21. The molecular weight excluding hydrogens is 446 g/mol. The van der Waals surface area contributed by atoms with Gasteiger partial charge in [0.25, 0.3) is 5.91 Å². The molecule has 1 atom stereocenters. The summed E-state index contributed by atoms with van der Waals surface area (Å²) in [6.07, 6.45) is 0.629. The van der Waals surface area contributed by atoms with Crippen LogP contribution in [0, 0.1) is 0 Å². The lowest BCUT2D eigenvalue weighted by atomic mass is 10.1. The van der Waals surface area contributed by atoms with Gasteiger partial charge in [0, 0.05) is 23.8 Å². The van der Waals surface area contributed by atoms with E-state index in [1.54, 1.807) is 34.8 Å². The Labute approximate surface area is 193 Å². The number of nitrogens with one attached hydrogen (secondary N) is 1. The van der Waals surface area contributed by atoms with Gasteiger partial charge in [0.2, 0.25) is 5.91 Å². The van der Waals surface area contributed by atoms with E-state index in [4.69, 9.17) is 4.74 Å². The van der Waals surface area contributed by atoms with Crippen molar-refractivity contribution < 1.29 is 19.1 Å². The van der Waals surface area contributed by atoms with Gasteiger partial charge in [-0.15, -0.1) is 22.7 Å². The van der Waals surface area contributed by atoms with Gasteiger partial charge in [-0.25, -0.2) is 5.01 Å². The summed E-state index contributed by atoms with van der Waals surface area (Å²) in [5, 5.41) is 12.7. The molecule has 2 amide bonds. The molecule has 1 aromatic carbocycles. The minimum absolute atomic E-state index is 0.141. The highest BCUT2D eigenvalue weighted by atomic mass is 32.1. The molecule has 0 saturated carbocycles. The van der Waals surface area contributed by atoms with Gasteiger partial charge in [-0.2, -0.15) is 5.10 Å². The Hall–Kier alpha value is -3.30. The highest BCUT2D eigenvalue weighted by molar-refractivity contribution is 7.12. The van der Waals surface area contributed by atoms with Crippen molar-refractivity contribution in [1.82, 2.24) is 5.01 Å². The van der Waals surface area contributed by atoms with Crippen molar-refractivity contribution in [2.75, 3.05) is 11.9 Å². The van der Waals surface area contributed by atoms with Crippen LogP contribution >= 0.6 is 22.7 Å². The van der Waals surface area contributed by atoms with E-state index in [2.05, 4.69) is 10.4 Å². The number of ether oxygens (including phenoxy) is 1. The van der Waals surface area contributed by atoms with E-state index in [-0.39, 0.29) is 36.0 Å². The zero-order valence-electron chi connectivity index (χ0n) is 17.5. The molecule has 0 unspecified atom stereocenters. The quantitative estimate of drug-likeness (QED) is 0.509. The normalized spacial score (nSPS) is 15.4. The van der Waals surface area contributed by atoms with Gasteiger partial charge in [-0.3, -0.25) is 14.4 Å². The van der Waals surface area contributed by atoms with Gasteiger partial charge < -0.3 is 10.1 Å². The van der Waals surface area contributed by atoms with E-state index >= 15 is 0 Å². The SMILES string of the molecule is CC(=O)Nc1ccc(C(C)=O)cc1OCC(=O)N1N=C(c2cccs2)C[C@@H]1c1cccs1. The Bertz CT molecular complexity index is 1170. The maximum absolute atomic E-state index is 13.1. The van der Waals surface area contributed by atoms with E-state index in [1.165, 1.54) is 24.9 Å². The van der Waals surface area contributed by atoms with Crippen LogP contribution < -0.4 is 10.1 Å². The van der Waals surface area contributed by atoms with Crippen molar-refractivity contribution in [2.45, 2.75) is 26.3 Å². The molecule has 0 aliphatic carbocycles. The molecule has 0 radical (unpaired) electrons. The average Bonchev–Trinajstić information content (AvgIpc) is 3.53. The summed E-state index contributed by atoms with van der Waals surface area (Å²) in [5.74, 6) is -0.468. The Morgan fingerprint density at radius 2 is 1.91 bits per heavy atom. The lowest BCUT2D eigenvalue weighted by Crippen LogP contribution is -2.31. The summed E-state index contributed by atoms with van der Waals surface area (Å²) in [5.41, 5.74) is 1.69. The Morgan fingerprint density at radius 1 is 1.12 bits per heavy atom. The van der Waals surface area contributed by atoms with Crippen LogP contribution in [0.1, 0.15) is 46.4 Å². The Morgan fingerprint density at radius 3 is 2.56 bits per heavy atom. The molecule has 0 fully saturated rings. The molecule has 7 nitrogen and oxygen atoms in total. The predicted octanol–water partition coefficient (Wildman–Crippen LogP) is 4.73. The zero-order chi connectivity index (χ0) is 22.7. The zero-order valence-corrected chi connectivity index (χ0v) is 19.2. The molecule has 9 heteroatoms. The first-order chi connectivity index (χ1) is 15.4. The van der Waals surface area contributed by atoms with Crippen LogP contribution in [0.25, 0.3) is 0 Å². The molecule has 1 aliphatic heterocycles. The maximum Gasteiger partial charge on any atom is 0.281 e. The summed E-state index contributed by atoms with van der Waals surface area (Å²) in [4.78, 5) is 38.5. The number of thiophene rings is 2. The first-order valence-corrected chi connectivity index (χ1v) is 11.7. The molecule has 0 saturated heterocycles. The van der Waals surface area contributed by atoms with Crippen molar-refractivity contribution in [3.05, 3.63) is 68.5 Å². The summed E-state index contributed by atoms with van der Waals surface area (Å²) in [6.45, 7) is 2.54. The fourth-order valence-corrected chi connectivity index (χ4v) is 4.93. The smallest absolute Gasteiger partial charge is 0.281 e. The fourth-order valence-electron chi connectivity index (χ4n) is 3.39. The van der Waals surface area contributed by atoms with Crippen LogP contribution in [0.2, 0.25) is 0 Å². The molecule has 164 valence electrons. The van der Waals surface area contributed by atoms with E-state index in [0.29, 0.717) is 17.7 Å². The first kappa shape index (κ1) is 21.9. The molecule has 1 aliphatic rings. The number of hydrogen-bond donors (Lipinski definition) is 1. The number of rotatable bonds is 7. The Balaban J connectivity index is 1.56. The van der Waals surface area contributed by atoms with Crippen molar-refractivity contribution >= 4 is 51.7 Å². The van der Waals surface area contributed by atoms with Crippen LogP contribution in [-0.4, -0.2) is 34.9 Å². The van der Waals surface area contributed by atoms with Crippen LogP contribution in [0.4, 0.5) is 5.69 Å². The topological polar surface area (TPSA) is 88.1 Å². The highest BCUT2D eigenvalue weighted by Gasteiger charge is 2.34. The van der Waals surface area contributed by atoms with Crippen molar-refractivity contribution in [3.8, 4) is 5.75 Å². The maximum atomic E-state index is 13.1. The van der Waals surface area contributed by atoms with Gasteiger partial charge in [-0.1, -0.05) is 12.1 Å². The third-order valence-electron chi connectivity index (χ3n) is 4.89. The summed E-state index contributed by atoms with van der Waals surface area (Å²) >= 11 is 3.17. The van der Waals surface area contributed by atoms with Gasteiger partial charge in [0.1, 0.15) is 5.75 Å².